The first kappa shape index (κ1) is 14.0. The number of aromatic nitrogens is 4. The number of nitrogens with zero attached hydrogens (tertiary/aromatic N) is 4. The molecule has 1 amide bonds. The highest BCUT2D eigenvalue weighted by molar-refractivity contribution is 7.15. The predicted octanol–water partition coefficient (Wildman–Crippen LogP) is 2.99. The zero-order valence-electron chi connectivity index (χ0n) is 11.9. The van der Waals surface area contributed by atoms with Gasteiger partial charge in [0, 0.05) is 11.6 Å². The highest BCUT2D eigenvalue weighted by Crippen LogP contribution is 2.42. The molecule has 4 rings (SSSR count). The van der Waals surface area contributed by atoms with E-state index in [1.54, 1.807) is 16.7 Å². The molecule has 3 aromatic rings. The molecule has 0 spiro atoms. The number of hydrogen-bond donors (Lipinski definition) is 1. The molecule has 8 heteroatoms. The van der Waals surface area contributed by atoms with Crippen molar-refractivity contribution in [3.63, 3.8) is 0 Å². The first-order valence-electron chi connectivity index (χ1n) is 7.14. The van der Waals surface area contributed by atoms with Gasteiger partial charge >= 0.3 is 0 Å². The van der Waals surface area contributed by atoms with E-state index in [9.17, 15) is 9.18 Å². The van der Waals surface area contributed by atoms with Crippen LogP contribution in [-0.4, -0.2) is 25.7 Å². The van der Waals surface area contributed by atoms with E-state index in [0.29, 0.717) is 22.4 Å². The molecule has 1 saturated carbocycles. The summed E-state index contributed by atoms with van der Waals surface area (Å²) in [6, 6.07) is 5.85. The molecule has 1 fully saturated rings. The Morgan fingerprint density at radius 1 is 1.26 bits per heavy atom. The van der Waals surface area contributed by atoms with E-state index in [1.807, 2.05) is 0 Å². The van der Waals surface area contributed by atoms with Crippen molar-refractivity contribution < 1.29 is 9.18 Å². The topological polar surface area (TPSA) is 72.7 Å². The first-order valence-corrected chi connectivity index (χ1v) is 7.95. The van der Waals surface area contributed by atoms with Gasteiger partial charge < -0.3 is 0 Å². The molecule has 1 N–H and O–H groups in total. The fourth-order valence-electron chi connectivity index (χ4n) is 2.21. The molecule has 1 aliphatic rings. The van der Waals surface area contributed by atoms with Gasteiger partial charge in [0.2, 0.25) is 5.13 Å². The maximum Gasteiger partial charge on any atom is 0.276 e. The lowest BCUT2D eigenvalue weighted by molar-refractivity contribution is 0.102. The van der Waals surface area contributed by atoms with E-state index >= 15 is 0 Å². The van der Waals surface area contributed by atoms with Crippen LogP contribution in [0.15, 0.2) is 36.8 Å². The molecule has 6 nitrogen and oxygen atoms in total. The summed E-state index contributed by atoms with van der Waals surface area (Å²) >= 11 is 1.40. The summed E-state index contributed by atoms with van der Waals surface area (Å²) in [5.74, 6) is -0.158. The molecule has 1 aliphatic carbocycles. The Morgan fingerprint density at radius 3 is 2.78 bits per heavy atom. The fourth-order valence-corrected chi connectivity index (χ4v) is 3.12. The number of rotatable bonds is 4. The van der Waals surface area contributed by atoms with Crippen LogP contribution >= 0.6 is 11.3 Å². The van der Waals surface area contributed by atoms with Crippen molar-refractivity contribution >= 4 is 22.4 Å². The van der Waals surface area contributed by atoms with Gasteiger partial charge in [-0.15, -0.1) is 10.2 Å². The standard InChI is InChI=1S/C15H12FN5OS/c16-10-3-5-11(6-4-10)21-8-17-7-12(21)13(22)18-15-20-19-14(23-15)9-1-2-9/h3-9H,1-2H2,(H,18,20,22). The van der Waals surface area contributed by atoms with Crippen LogP contribution in [0.3, 0.4) is 0 Å². The normalized spacial score (nSPS) is 14.0. The fraction of sp³-hybridized carbons (Fsp3) is 0.200. The highest BCUT2D eigenvalue weighted by atomic mass is 32.1. The van der Waals surface area contributed by atoms with Crippen molar-refractivity contribution in [1.29, 1.82) is 0 Å². The number of nitrogens with one attached hydrogen (secondary N) is 1. The minimum absolute atomic E-state index is 0.328. The van der Waals surface area contributed by atoms with E-state index < -0.39 is 0 Å². The van der Waals surface area contributed by atoms with Crippen molar-refractivity contribution in [2.75, 3.05) is 5.32 Å². The summed E-state index contributed by atoms with van der Waals surface area (Å²) in [4.78, 5) is 16.4. The van der Waals surface area contributed by atoms with Gasteiger partial charge in [0.25, 0.3) is 5.91 Å². The SMILES string of the molecule is O=C(Nc1nnc(C2CC2)s1)c1cncn1-c1ccc(F)cc1. The second kappa shape index (κ2) is 5.54. The van der Waals surface area contributed by atoms with Crippen LogP contribution in [0.5, 0.6) is 0 Å². The van der Waals surface area contributed by atoms with E-state index in [1.165, 1.54) is 36.0 Å². The third kappa shape index (κ3) is 2.85. The molecule has 0 aliphatic heterocycles. The van der Waals surface area contributed by atoms with Gasteiger partial charge in [-0.25, -0.2) is 9.37 Å². The summed E-state index contributed by atoms with van der Waals surface area (Å²) in [6.07, 6.45) is 5.25. The van der Waals surface area contributed by atoms with E-state index in [-0.39, 0.29) is 11.7 Å². The third-order valence-corrected chi connectivity index (χ3v) is 4.56. The Kier molecular flexibility index (Phi) is 3.38. The minimum atomic E-state index is -0.332. The maximum atomic E-state index is 13.0. The zero-order valence-corrected chi connectivity index (χ0v) is 12.8. The number of benzene rings is 1. The summed E-state index contributed by atoms with van der Waals surface area (Å²) in [6.45, 7) is 0. The molecule has 116 valence electrons. The van der Waals surface area contributed by atoms with Crippen molar-refractivity contribution in [3.05, 3.63) is 53.3 Å². The second-order valence-corrected chi connectivity index (χ2v) is 6.31. The van der Waals surface area contributed by atoms with Crippen LogP contribution in [0.1, 0.15) is 34.3 Å². The molecule has 0 unspecified atom stereocenters. The average molecular weight is 329 g/mol. The number of imidazole rings is 1. The zero-order chi connectivity index (χ0) is 15.8. The number of amides is 1. The summed E-state index contributed by atoms with van der Waals surface area (Å²) < 4.78 is 14.6. The van der Waals surface area contributed by atoms with Crippen molar-refractivity contribution in [2.45, 2.75) is 18.8 Å². The van der Waals surface area contributed by atoms with Crippen molar-refractivity contribution in [2.24, 2.45) is 0 Å². The van der Waals surface area contributed by atoms with Crippen molar-refractivity contribution in [1.82, 2.24) is 19.7 Å². The summed E-state index contributed by atoms with van der Waals surface area (Å²) in [7, 11) is 0. The Bertz CT molecular complexity index is 853. The molecule has 0 atom stereocenters. The molecule has 2 aromatic heterocycles. The molecule has 1 aromatic carbocycles. The Hall–Kier alpha value is -2.61. The van der Waals surface area contributed by atoms with Gasteiger partial charge in [-0.3, -0.25) is 14.7 Å². The van der Waals surface area contributed by atoms with Gasteiger partial charge in [-0.2, -0.15) is 0 Å². The molecule has 0 radical (unpaired) electrons. The number of carbonyl (C=O) groups is 1. The Balaban J connectivity index is 1.56. The van der Waals surface area contributed by atoms with Gasteiger partial charge in [-0.05, 0) is 37.1 Å². The van der Waals surface area contributed by atoms with E-state index in [2.05, 4.69) is 20.5 Å². The van der Waals surface area contributed by atoms with Crippen LogP contribution in [-0.2, 0) is 0 Å². The second-order valence-electron chi connectivity index (χ2n) is 5.30. The van der Waals surface area contributed by atoms with Gasteiger partial charge in [0.1, 0.15) is 16.5 Å². The molecular weight excluding hydrogens is 317 g/mol. The number of anilines is 1. The van der Waals surface area contributed by atoms with Crippen LogP contribution in [0.25, 0.3) is 5.69 Å². The number of hydrogen-bond acceptors (Lipinski definition) is 5. The van der Waals surface area contributed by atoms with Crippen LogP contribution in [0, 0.1) is 5.82 Å². The Morgan fingerprint density at radius 2 is 2.04 bits per heavy atom. The van der Waals surface area contributed by atoms with Gasteiger partial charge in [-0.1, -0.05) is 11.3 Å². The largest absolute Gasteiger partial charge is 0.295 e. The van der Waals surface area contributed by atoms with Crippen LogP contribution in [0.4, 0.5) is 9.52 Å². The monoisotopic (exact) mass is 329 g/mol. The molecule has 0 saturated heterocycles. The quantitative estimate of drug-likeness (QED) is 0.798. The molecule has 2 heterocycles. The highest BCUT2D eigenvalue weighted by Gasteiger charge is 2.28. The van der Waals surface area contributed by atoms with Gasteiger partial charge in [0.15, 0.2) is 0 Å². The lowest BCUT2D eigenvalue weighted by Crippen LogP contribution is -2.16. The van der Waals surface area contributed by atoms with Crippen molar-refractivity contribution in [3.8, 4) is 5.69 Å². The smallest absolute Gasteiger partial charge is 0.276 e. The maximum absolute atomic E-state index is 13.0. The minimum Gasteiger partial charge on any atom is -0.295 e. The van der Waals surface area contributed by atoms with E-state index in [0.717, 1.165) is 17.8 Å². The number of halogens is 1. The lowest BCUT2D eigenvalue weighted by atomic mass is 10.3. The summed E-state index contributed by atoms with van der Waals surface area (Å²) in [5, 5.41) is 12.3. The average Bonchev–Trinajstić information content (AvgIpc) is 3.09. The molecule has 0 bridgehead atoms. The van der Waals surface area contributed by atoms with Crippen LogP contribution in [0.2, 0.25) is 0 Å². The Labute approximate surface area is 135 Å². The first-order chi connectivity index (χ1) is 11.2. The van der Waals surface area contributed by atoms with Crippen LogP contribution < -0.4 is 5.32 Å². The lowest BCUT2D eigenvalue weighted by Gasteiger charge is -2.07. The summed E-state index contributed by atoms with van der Waals surface area (Å²) in [5.41, 5.74) is 1.00. The molecular formula is C15H12FN5OS. The third-order valence-electron chi connectivity index (χ3n) is 3.56. The van der Waals surface area contributed by atoms with E-state index in [4.69, 9.17) is 0 Å². The molecule has 23 heavy (non-hydrogen) atoms. The predicted molar refractivity (Wildman–Crippen MR) is 83.4 cm³/mol. The number of carbonyl (C=O) groups excluding carboxylic acids is 1. The van der Waals surface area contributed by atoms with Gasteiger partial charge in [0.05, 0.1) is 12.5 Å².